The summed E-state index contributed by atoms with van der Waals surface area (Å²) in [5.41, 5.74) is 7.77. The molecule has 0 amide bonds. The first-order valence-electron chi connectivity index (χ1n) is 5.92. The first-order valence-corrected chi connectivity index (χ1v) is 5.92. The lowest BCUT2D eigenvalue weighted by molar-refractivity contribution is 0.401. The van der Waals surface area contributed by atoms with Gasteiger partial charge in [0.2, 0.25) is 11.8 Å². The molecule has 3 rings (SSSR count). The van der Waals surface area contributed by atoms with Crippen molar-refractivity contribution in [3.05, 3.63) is 35.9 Å². The summed E-state index contributed by atoms with van der Waals surface area (Å²) in [6.45, 7) is 1.79. The summed E-state index contributed by atoms with van der Waals surface area (Å²) in [6.07, 6.45) is 1.33. The number of methoxy groups -OCH3 is 1. The van der Waals surface area contributed by atoms with Gasteiger partial charge in [0.25, 0.3) is 0 Å². The number of aromatic nitrogens is 4. The van der Waals surface area contributed by atoms with E-state index in [4.69, 9.17) is 10.5 Å². The zero-order valence-corrected chi connectivity index (χ0v) is 11.0. The third-order valence-corrected chi connectivity index (χ3v) is 3.04. The Morgan fingerprint density at radius 1 is 1.30 bits per heavy atom. The molecule has 3 aromatic rings. The molecule has 0 saturated heterocycles. The number of ether oxygens (including phenoxy) is 1. The Bertz CT molecular complexity index is 779. The van der Waals surface area contributed by atoms with Crippen LogP contribution in [0.3, 0.4) is 0 Å². The second-order valence-electron chi connectivity index (χ2n) is 4.27. The second-order valence-corrected chi connectivity index (χ2v) is 4.27. The maximum Gasteiger partial charge on any atom is 0.245 e. The molecule has 1 aromatic carbocycles. The summed E-state index contributed by atoms with van der Waals surface area (Å²) in [5.74, 6) is 0.0371. The number of anilines is 1. The molecule has 0 fully saturated rings. The fourth-order valence-corrected chi connectivity index (χ4v) is 2.16. The standard InChI is InChI=1S/C13H12FN5O/c1-7-4-3-5-8(14)10(7)19-11-9(18-13(19)15)12(20-2)17-6-16-11/h3-6H,1-2H3,(H2,15,18). The highest BCUT2D eigenvalue weighted by Gasteiger charge is 2.19. The maximum atomic E-state index is 14.1. The average Bonchev–Trinajstić information content (AvgIpc) is 2.75. The second kappa shape index (κ2) is 4.44. The van der Waals surface area contributed by atoms with E-state index < -0.39 is 5.82 Å². The van der Waals surface area contributed by atoms with Gasteiger partial charge in [-0.15, -0.1) is 0 Å². The summed E-state index contributed by atoms with van der Waals surface area (Å²) in [6, 6.07) is 4.80. The maximum absolute atomic E-state index is 14.1. The van der Waals surface area contributed by atoms with Gasteiger partial charge in [-0.25, -0.2) is 14.4 Å². The van der Waals surface area contributed by atoms with Crippen LogP contribution in [0.1, 0.15) is 5.56 Å². The highest BCUT2D eigenvalue weighted by Crippen LogP contribution is 2.28. The Morgan fingerprint density at radius 2 is 2.10 bits per heavy atom. The van der Waals surface area contributed by atoms with E-state index in [2.05, 4.69) is 15.0 Å². The van der Waals surface area contributed by atoms with Crippen LogP contribution >= 0.6 is 0 Å². The smallest absolute Gasteiger partial charge is 0.245 e. The topological polar surface area (TPSA) is 78.8 Å². The van der Waals surface area contributed by atoms with Crippen LogP contribution in [-0.2, 0) is 0 Å². The highest BCUT2D eigenvalue weighted by atomic mass is 19.1. The molecule has 20 heavy (non-hydrogen) atoms. The summed E-state index contributed by atoms with van der Waals surface area (Å²) in [7, 11) is 1.48. The lowest BCUT2D eigenvalue weighted by atomic mass is 10.2. The minimum absolute atomic E-state index is 0.131. The van der Waals surface area contributed by atoms with Crippen molar-refractivity contribution < 1.29 is 9.13 Å². The molecule has 0 aliphatic rings. The van der Waals surface area contributed by atoms with Crippen LogP contribution in [-0.4, -0.2) is 26.6 Å². The fourth-order valence-electron chi connectivity index (χ4n) is 2.16. The Labute approximate surface area is 114 Å². The summed E-state index contributed by atoms with van der Waals surface area (Å²) < 4.78 is 20.7. The Hall–Kier alpha value is -2.70. The monoisotopic (exact) mass is 273 g/mol. The van der Waals surface area contributed by atoms with E-state index >= 15 is 0 Å². The number of nitrogens with zero attached hydrogens (tertiary/aromatic N) is 4. The van der Waals surface area contributed by atoms with Crippen molar-refractivity contribution in [1.82, 2.24) is 19.5 Å². The van der Waals surface area contributed by atoms with E-state index in [-0.39, 0.29) is 5.95 Å². The average molecular weight is 273 g/mol. The lowest BCUT2D eigenvalue weighted by Crippen LogP contribution is -2.05. The van der Waals surface area contributed by atoms with Crippen molar-refractivity contribution >= 4 is 17.1 Å². The third kappa shape index (κ3) is 1.67. The molecule has 0 radical (unpaired) electrons. The van der Waals surface area contributed by atoms with Crippen molar-refractivity contribution in [1.29, 1.82) is 0 Å². The summed E-state index contributed by atoms with van der Waals surface area (Å²) in [5, 5.41) is 0. The van der Waals surface area contributed by atoms with Gasteiger partial charge < -0.3 is 10.5 Å². The lowest BCUT2D eigenvalue weighted by Gasteiger charge is -2.10. The van der Waals surface area contributed by atoms with E-state index in [1.807, 2.05) is 0 Å². The SMILES string of the molecule is COc1ncnc2c1nc(N)n2-c1c(C)cccc1F. The molecule has 102 valence electrons. The number of fused-ring (bicyclic) bond motifs is 1. The van der Waals surface area contributed by atoms with Crippen LogP contribution in [0.25, 0.3) is 16.9 Å². The third-order valence-electron chi connectivity index (χ3n) is 3.04. The van der Waals surface area contributed by atoms with Crippen molar-refractivity contribution in [3.63, 3.8) is 0 Å². The highest BCUT2D eigenvalue weighted by molar-refractivity contribution is 5.81. The van der Waals surface area contributed by atoms with E-state index in [9.17, 15) is 4.39 Å². The van der Waals surface area contributed by atoms with Crippen molar-refractivity contribution in [3.8, 4) is 11.6 Å². The van der Waals surface area contributed by atoms with Gasteiger partial charge in [-0.2, -0.15) is 4.98 Å². The van der Waals surface area contributed by atoms with Gasteiger partial charge in [0.1, 0.15) is 12.1 Å². The number of rotatable bonds is 2. The summed E-state index contributed by atoms with van der Waals surface area (Å²) >= 11 is 0. The molecule has 0 aliphatic carbocycles. The Kier molecular flexibility index (Phi) is 2.74. The van der Waals surface area contributed by atoms with Gasteiger partial charge in [0.15, 0.2) is 11.2 Å². The van der Waals surface area contributed by atoms with E-state index in [0.717, 1.165) is 5.56 Å². The molecule has 2 heterocycles. The van der Waals surface area contributed by atoms with Gasteiger partial charge in [0.05, 0.1) is 12.8 Å². The van der Waals surface area contributed by atoms with Crippen LogP contribution in [0.4, 0.5) is 10.3 Å². The van der Waals surface area contributed by atoms with Crippen LogP contribution < -0.4 is 10.5 Å². The number of nitrogen functional groups attached to an aromatic ring is 1. The van der Waals surface area contributed by atoms with Crippen molar-refractivity contribution in [2.24, 2.45) is 0 Å². The Morgan fingerprint density at radius 3 is 2.80 bits per heavy atom. The molecular weight excluding hydrogens is 261 g/mol. The number of halogens is 1. The minimum Gasteiger partial charge on any atom is -0.479 e. The number of benzene rings is 1. The zero-order valence-electron chi connectivity index (χ0n) is 11.0. The van der Waals surface area contributed by atoms with Gasteiger partial charge in [0, 0.05) is 0 Å². The van der Waals surface area contributed by atoms with E-state index in [1.165, 1.54) is 24.1 Å². The number of nitrogens with two attached hydrogens (primary N) is 1. The first kappa shape index (κ1) is 12.3. The molecule has 6 nitrogen and oxygen atoms in total. The van der Waals surface area contributed by atoms with Gasteiger partial charge in [-0.1, -0.05) is 12.1 Å². The molecule has 0 bridgehead atoms. The van der Waals surface area contributed by atoms with Crippen LogP contribution in [0.15, 0.2) is 24.5 Å². The predicted octanol–water partition coefficient (Wildman–Crippen LogP) is 1.85. The number of aryl methyl sites for hydroxylation is 1. The van der Waals surface area contributed by atoms with Gasteiger partial charge >= 0.3 is 0 Å². The summed E-state index contributed by atoms with van der Waals surface area (Å²) in [4.78, 5) is 12.3. The molecule has 7 heteroatoms. The number of hydrogen-bond acceptors (Lipinski definition) is 5. The Balaban J connectivity index is 2.40. The van der Waals surface area contributed by atoms with E-state index in [1.54, 1.807) is 19.1 Å². The molecule has 0 spiro atoms. The van der Waals surface area contributed by atoms with Gasteiger partial charge in [-0.3, -0.25) is 4.57 Å². The van der Waals surface area contributed by atoms with Crippen LogP contribution in [0, 0.1) is 12.7 Å². The van der Waals surface area contributed by atoms with Crippen molar-refractivity contribution in [2.45, 2.75) is 6.92 Å². The number of hydrogen-bond donors (Lipinski definition) is 1. The minimum atomic E-state index is -0.395. The molecule has 0 atom stereocenters. The zero-order chi connectivity index (χ0) is 14.3. The number of para-hydroxylation sites is 1. The quantitative estimate of drug-likeness (QED) is 0.771. The van der Waals surface area contributed by atoms with Crippen molar-refractivity contribution in [2.75, 3.05) is 12.8 Å². The first-order chi connectivity index (χ1) is 9.63. The molecule has 0 aliphatic heterocycles. The molecule has 2 N–H and O–H groups in total. The molecule has 2 aromatic heterocycles. The predicted molar refractivity (Wildman–Crippen MR) is 72.3 cm³/mol. The molecular formula is C13H12FN5O. The normalized spacial score (nSPS) is 10.9. The fraction of sp³-hybridized carbons (Fsp3) is 0.154. The van der Waals surface area contributed by atoms with Crippen LogP contribution in [0.2, 0.25) is 0 Å². The van der Waals surface area contributed by atoms with E-state index in [0.29, 0.717) is 22.7 Å². The molecule has 0 saturated carbocycles. The molecule has 0 unspecified atom stereocenters. The van der Waals surface area contributed by atoms with Gasteiger partial charge in [-0.05, 0) is 18.6 Å². The van der Waals surface area contributed by atoms with Crippen LogP contribution in [0.5, 0.6) is 5.88 Å². The number of imidazole rings is 1. The largest absolute Gasteiger partial charge is 0.479 e.